The molecule has 5 rings (SSSR count). The highest BCUT2D eigenvalue weighted by atomic mass is 19.1. The van der Waals surface area contributed by atoms with Gasteiger partial charge in [0.1, 0.15) is 5.82 Å². The van der Waals surface area contributed by atoms with E-state index in [0.717, 1.165) is 12.8 Å². The third-order valence-electron chi connectivity index (χ3n) is 5.35. The topological polar surface area (TPSA) is 107 Å². The van der Waals surface area contributed by atoms with Crippen LogP contribution in [0.5, 0.6) is 0 Å². The molecule has 4 aromatic rings. The third kappa shape index (κ3) is 3.50. The molecule has 1 aromatic carbocycles. The quantitative estimate of drug-likeness (QED) is 0.505. The highest BCUT2D eigenvalue weighted by molar-refractivity contribution is 5.72. The second kappa shape index (κ2) is 7.79. The van der Waals surface area contributed by atoms with Gasteiger partial charge < -0.3 is 10.4 Å². The summed E-state index contributed by atoms with van der Waals surface area (Å²) in [6.07, 6.45) is 9.55. The van der Waals surface area contributed by atoms with Crippen molar-refractivity contribution in [1.29, 1.82) is 0 Å². The number of hydrogen-bond donors (Lipinski definition) is 2. The normalized spacial score (nSPS) is 14.6. The monoisotopic (exact) mass is 408 g/mol. The number of fused-ring (bicyclic) bond motifs is 1. The van der Waals surface area contributed by atoms with E-state index in [1.54, 1.807) is 35.4 Å². The second-order valence-corrected chi connectivity index (χ2v) is 7.41. The molecule has 1 aliphatic rings. The highest BCUT2D eigenvalue weighted by Crippen LogP contribution is 2.26. The fourth-order valence-electron chi connectivity index (χ4n) is 3.82. The van der Waals surface area contributed by atoms with E-state index < -0.39 is 5.82 Å². The number of nitrogens with one attached hydrogen (secondary N) is 1. The zero-order valence-electron chi connectivity index (χ0n) is 16.2. The lowest BCUT2D eigenvalue weighted by Crippen LogP contribution is -2.16. The molecule has 0 radical (unpaired) electrons. The van der Waals surface area contributed by atoms with Crippen molar-refractivity contribution in [2.75, 3.05) is 11.9 Å². The molecule has 10 heteroatoms. The lowest BCUT2D eigenvalue weighted by atomic mass is 10.1. The van der Waals surface area contributed by atoms with Crippen molar-refractivity contribution in [1.82, 2.24) is 34.7 Å². The summed E-state index contributed by atoms with van der Waals surface area (Å²) in [6, 6.07) is 5.23. The molecule has 1 saturated carbocycles. The number of benzene rings is 1. The fourth-order valence-corrected chi connectivity index (χ4v) is 3.82. The minimum Gasteiger partial charge on any atom is -0.394 e. The molecule has 0 amide bonds. The lowest BCUT2D eigenvalue weighted by Gasteiger charge is -2.11. The van der Waals surface area contributed by atoms with Gasteiger partial charge in [-0.3, -0.25) is 4.68 Å². The van der Waals surface area contributed by atoms with E-state index in [1.165, 1.54) is 23.6 Å². The minimum absolute atomic E-state index is 0.0264. The molecular formula is C20H21FN8O. The smallest absolute Gasteiger partial charge is 0.225 e. The van der Waals surface area contributed by atoms with Gasteiger partial charge in [0.2, 0.25) is 5.95 Å². The average molecular weight is 408 g/mol. The van der Waals surface area contributed by atoms with Gasteiger partial charge in [-0.15, -0.1) is 5.10 Å². The van der Waals surface area contributed by atoms with Gasteiger partial charge in [0.15, 0.2) is 11.2 Å². The fraction of sp³-hybridized carbons (Fsp3) is 0.350. The SMILES string of the molecule is OCCn1cc(-c2ccc(-n3nnc4cnc(NC5CCCC5)nc43)cc2F)cn1. The van der Waals surface area contributed by atoms with Crippen LogP contribution in [0.2, 0.25) is 0 Å². The average Bonchev–Trinajstić information content (AvgIpc) is 3.49. The standard InChI is InChI=1S/C20H21FN8O/c21-17-9-15(5-6-16(17)13-10-23-28(12-13)7-8-30)29-19-18(26-27-29)11-22-20(25-19)24-14-3-1-2-4-14/h5-6,9-12,14,30H,1-4,7-8H2,(H,22,24,25). The Morgan fingerprint density at radius 3 is 2.87 bits per heavy atom. The number of aliphatic hydroxyl groups is 1. The predicted octanol–water partition coefficient (Wildman–Crippen LogP) is 2.56. The van der Waals surface area contributed by atoms with Gasteiger partial charge >= 0.3 is 0 Å². The molecule has 0 spiro atoms. The van der Waals surface area contributed by atoms with E-state index in [9.17, 15) is 4.39 Å². The van der Waals surface area contributed by atoms with E-state index in [0.29, 0.717) is 46.5 Å². The number of anilines is 1. The van der Waals surface area contributed by atoms with Crippen LogP contribution in [0, 0.1) is 5.82 Å². The van der Waals surface area contributed by atoms with Gasteiger partial charge in [0.05, 0.1) is 31.2 Å². The molecular weight excluding hydrogens is 387 g/mol. The van der Waals surface area contributed by atoms with Crippen molar-refractivity contribution < 1.29 is 9.50 Å². The summed E-state index contributed by atoms with van der Waals surface area (Å²) in [6.45, 7) is 0.336. The lowest BCUT2D eigenvalue weighted by molar-refractivity contribution is 0.269. The summed E-state index contributed by atoms with van der Waals surface area (Å²) in [5.74, 6) is 0.129. The number of rotatable bonds is 6. The van der Waals surface area contributed by atoms with Gasteiger partial charge in [0.25, 0.3) is 0 Å². The van der Waals surface area contributed by atoms with Crippen molar-refractivity contribution >= 4 is 17.1 Å². The van der Waals surface area contributed by atoms with E-state index in [1.807, 2.05) is 0 Å². The predicted molar refractivity (Wildman–Crippen MR) is 109 cm³/mol. The zero-order chi connectivity index (χ0) is 20.5. The van der Waals surface area contributed by atoms with Crippen LogP contribution in [0.4, 0.5) is 10.3 Å². The van der Waals surface area contributed by atoms with Crippen molar-refractivity contribution in [3.05, 3.63) is 42.6 Å². The van der Waals surface area contributed by atoms with Crippen LogP contribution in [0.15, 0.2) is 36.8 Å². The Morgan fingerprint density at radius 2 is 2.07 bits per heavy atom. The summed E-state index contributed by atoms with van der Waals surface area (Å²) < 4.78 is 18.0. The summed E-state index contributed by atoms with van der Waals surface area (Å²) in [5.41, 5.74) is 2.65. The summed E-state index contributed by atoms with van der Waals surface area (Å²) in [5, 5.41) is 24.7. The molecule has 1 fully saturated rings. The summed E-state index contributed by atoms with van der Waals surface area (Å²) >= 11 is 0. The first-order valence-electron chi connectivity index (χ1n) is 10.00. The second-order valence-electron chi connectivity index (χ2n) is 7.41. The van der Waals surface area contributed by atoms with Crippen LogP contribution < -0.4 is 5.32 Å². The highest BCUT2D eigenvalue weighted by Gasteiger charge is 2.18. The molecule has 0 aliphatic heterocycles. The zero-order valence-corrected chi connectivity index (χ0v) is 16.2. The Kier molecular flexibility index (Phi) is 4.83. The molecule has 0 bridgehead atoms. The maximum atomic E-state index is 14.9. The number of aliphatic hydroxyl groups excluding tert-OH is 1. The summed E-state index contributed by atoms with van der Waals surface area (Å²) in [7, 11) is 0. The summed E-state index contributed by atoms with van der Waals surface area (Å²) in [4.78, 5) is 8.89. The number of nitrogens with zero attached hydrogens (tertiary/aromatic N) is 7. The Bertz CT molecular complexity index is 1180. The van der Waals surface area contributed by atoms with Crippen LogP contribution >= 0.6 is 0 Å². The van der Waals surface area contributed by atoms with E-state index in [4.69, 9.17) is 5.11 Å². The first-order chi connectivity index (χ1) is 14.7. The number of hydrogen-bond acceptors (Lipinski definition) is 7. The van der Waals surface area contributed by atoms with Crippen LogP contribution in [-0.4, -0.2) is 52.5 Å². The largest absolute Gasteiger partial charge is 0.394 e. The van der Waals surface area contributed by atoms with Gasteiger partial charge in [-0.05, 0) is 25.0 Å². The molecule has 0 unspecified atom stereocenters. The molecule has 30 heavy (non-hydrogen) atoms. The molecule has 3 heterocycles. The number of halogens is 1. The Morgan fingerprint density at radius 1 is 1.20 bits per heavy atom. The van der Waals surface area contributed by atoms with Crippen molar-refractivity contribution in [3.63, 3.8) is 0 Å². The van der Waals surface area contributed by atoms with E-state index >= 15 is 0 Å². The van der Waals surface area contributed by atoms with Crippen LogP contribution in [-0.2, 0) is 6.54 Å². The Hall–Kier alpha value is -3.40. The van der Waals surface area contributed by atoms with Gasteiger partial charge in [-0.1, -0.05) is 18.1 Å². The first-order valence-corrected chi connectivity index (χ1v) is 10.00. The van der Waals surface area contributed by atoms with E-state index in [2.05, 4.69) is 30.7 Å². The molecule has 0 saturated heterocycles. The van der Waals surface area contributed by atoms with Crippen molar-refractivity contribution in [2.45, 2.75) is 38.3 Å². The molecule has 154 valence electrons. The molecule has 0 atom stereocenters. The molecule has 9 nitrogen and oxygen atoms in total. The third-order valence-corrected chi connectivity index (χ3v) is 5.35. The maximum absolute atomic E-state index is 14.9. The van der Waals surface area contributed by atoms with Crippen molar-refractivity contribution in [3.8, 4) is 16.8 Å². The van der Waals surface area contributed by atoms with Crippen LogP contribution in [0.1, 0.15) is 25.7 Å². The van der Waals surface area contributed by atoms with Gasteiger partial charge in [-0.25, -0.2) is 9.37 Å². The van der Waals surface area contributed by atoms with E-state index in [-0.39, 0.29) is 6.61 Å². The first kappa shape index (κ1) is 18.6. The number of aromatic nitrogens is 7. The van der Waals surface area contributed by atoms with Crippen LogP contribution in [0.3, 0.4) is 0 Å². The van der Waals surface area contributed by atoms with Gasteiger partial charge in [0, 0.05) is 29.4 Å². The van der Waals surface area contributed by atoms with Crippen molar-refractivity contribution in [2.24, 2.45) is 0 Å². The van der Waals surface area contributed by atoms with Crippen LogP contribution in [0.25, 0.3) is 28.0 Å². The molecule has 3 aromatic heterocycles. The molecule has 1 aliphatic carbocycles. The Labute approximate surface area is 171 Å². The van der Waals surface area contributed by atoms with Gasteiger partial charge in [-0.2, -0.15) is 14.8 Å². The maximum Gasteiger partial charge on any atom is 0.225 e. The minimum atomic E-state index is -0.405. The Balaban J connectivity index is 1.46. The molecule has 2 N–H and O–H groups in total.